The number of carbonyl (C=O) groups excluding carboxylic acids is 2. The first-order chi connectivity index (χ1) is 28.1. The third-order valence-electron chi connectivity index (χ3n) is 11.7. The van der Waals surface area contributed by atoms with Gasteiger partial charge in [-0.25, -0.2) is 4.99 Å². The van der Waals surface area contributed by atoms with Crippen LogP contribution in [0, 0.1) is 5.41 Å². The summed E-state index contributed by atoms with van der Waals surface area (Å²) in [6.45, 7) is 11.7. The zero-order chi connectivity index (χ0) is 41.0. The molecule has 3 aromatic carbocycles. The van der Waals surface area contributed by atoms with E-state index in [0.29, 0.717) is 30.9 Å². The molecule has 4 unspecified atom stereocenters. The number of amides is 2. The smallest absolute Gasteiger partial charge is 0.251 e. The molecule has 0 aromatic heterocycles. The van der Waals surface area contributed by atoms with Gasteiger partial charge in [0, 0.05) is 67.7 Å². The average Bonchev–Trinajstić information content (AvgIpc) is 3.50. The molecule has 308 valence electrons. The molecule has 0 spiro atoms. The Morgan fingerprint density at radius 3 is 2.33 bits per heavy atom. The molecule has 2 saturated heterocycles. The minimum atomic E-state index is -1.39. The Hall–Kier alpha value is -5.10. The molecule has 0 radical (unpaired) electrons. The van der Waals surface area contributed by atoms with Crippen LogP contribution in [0.2, 0.25) is 0 Å². The molecule has 58 heavy (non-hydrogen) atoms. The summed E-state index contributed by atoms with van der Waals surface area (Å²) < 4.78 is 0. The number of hydrogen-bond acceptors (Lipinski definition) is 9. The quantitative estimate of drug-likeness (QED) is 0.0845. The van der Waals surface area contributed by atoms with E-state index in [2.05, 4.69) is 57.7 Å². The largest absolute Gasteiger partial charge is 0.382 e. The number of benzene rings is 3. The summed E-state index contributed by atoms with van der Waals surface area (Å²) in [5, 5.41) is 25.7. The lowest BCUT2D eigenvalue weighted by Gasteiger charge is -2.38. The number of rotatable bonds is 18. The number of unbranched alkanes of at least 4 members (excludes halogenated alkanes) is 4. The number of nitrogens with one attached hydrogen (secondary N) is 3. The first kappa shape index (κ1) is 42.5. The van der Waals surface area contributed by atoms with E-state index in [1.807, 2.05) is 79.4 Å². The number of hydrogen-bond donors (Lipinski definition) is 5. The van der Waals surface area contributed by atoms with Gasteiger partial charge in [-0.05, 0) is 75.3 Å². The molecule has 2 amide bonds. The van der Waals surface area contributed by atoms with Crippen LogP contribution in [0.1, 0.15) is 81.5 Å². The van der Waals surface area contributed by atoms with Crippen molar-refractivity contribution in [3.05, 3.63) is 125 Å². The molecule has 4 atom stereocenters. The van der Waals surface area contributed by atoms with Crippen molar-refractivity contribution in [3.8, 4) is 0 Å². The summed E-state index contributed by atoms with van der Waals surface area (Å²) in [4.78, 5) is 37.9. The minimum Gasteiger partial charge on any atom is -0.382 e. The highest BCUT2D eigenvalue weighted by atomic mass is 16.3. The molecule has 3 heterocycles. The standard InChI is InChI=1S/C47H62N8O3/c1-4-53-25-27-54(28-26-53)42-32-40(50-45(52-42)43(34(3)48)37-21-13-9-14-22-37)38-23-16-20-35(30-38)17-10-6-5-7-15-24-55-33(2)29-41(47(55)58)51-46(57)44(56)39(49)31-36-18-11-8-12-19-36/h8-9,11-14,16,18-23,30,32-33,39,41,44,48,52,56H,4-7,10,15,17,24-29,31,49H2,1-3H3,(H,51,57)/b45-43+,48-34?. The molecule has 3 aromatic rings. The SMILES string of the molecule is CCN1CCN(C2=CC(c3cccc(CCCCCCCN4C(=O)C(NC(=O)C(O)C(N)Cc5ccccc5)CC4C)c3)=N/C(=C(/C(C)=N)c3ccccc3)N2)CC1. The van der Waals surface area contributed by atoms with Crippen LogP contribution in [0.25, 0.3) is 5.57 Å². The van der Waals surface area contributed by atoms with E-state index in [-0.39, 0.29) is 11.9 Å². The zero-order valence-corrected chi connectivity index (χ0v) is 34.5. The maximum absolute atomic E-state index is 13.2. The van der Waals surface area contributed by atoms with E-state index in [1.165, 1.54) is 5.56 Å². The van der Waals surface area contributed by atoms with Gasteiger partial charge in [0.1, 0.15) is 23.8 Å². The number of aliphatic imine (C=N–C) groups is 1. The molecule has 11 nitrogen and oxygen atoms in total. The predicted molar refractivity (Wildman–Crippen MR) is 233 cm³/mol. The maximum Gasteiger partial charge on any atom is 0.251 e. The highest BCUT2D eigenvalue weighted by molar-refractivity contribution is 6.23. The van der Waals surface area contributed by atoms with Gasteiger partial charge in [-0.2, -0.15) is 0 Å². The molecule has 3 aliphatic rings. The van der Waals surface area contributed by atoms with Crippen molar-refractivity contribution in [2.75, 3.05) is 39.3 Å². The highest BCUT2D eigenvalue weighted by Gasteiger charge is 2.39. The van der Waals surface area contributed by atoms with Crippen LogP contribution in [0.15, 0.2) is 108 Å². The van der Waals surface area contributed by atoms with E-state index in [4.69, 9.17) is 16.1 Å². The number of piperazine rings is 1. The summed E-state index contributed by atoms with van der Waals surface area (Å²) in [6, 6.07) is 26.9. The summed E-state index contributed by atoms with van der Waals surface area (Å²) >= 11 is 0. The second-order valence-electron chi connectivity index (χ2n) is 16.0. The molecule has 3 aliphatic heterocycles. The molecule has 11 heteroatoms. The van der Waals surface area contributed by atoms with Gasteiger partial charge < -0.3 is 41.6 Å². The Morgan fingerprint density at radius 1 is 0.948 bits per heavy atom. The van der Waals surface area contributed by atoms with Crippen LogP contribution < -0.4 is 16.4 Å². The normalized spacial score (nSPS) is 20.5. The number of carbonyl (C=O) groups is 2. The van der Waals surface area contributed by atoms with Gasteiger partial charge in [-0.15, -0.1) is 0 Å². The number of allylic oxidation sites excluding steroid dienone is 2. The first-order valence-electron chi connectivity index (χ1n) is 21.2. The summed E-state index contributed by atoms with van der Waals surface area (Å²) in [6.07, 6.45) is 7.81. The molecule has 6 N–H and O–H groups in total. The molecule has 0 aliphatic carbocycles. The van der Waals surface area contributed by atoms with Crippen LogP contribution in [0.3, 0.4) is 0 Å². The van der Waals surface area contributed by atoms with Crippen LogP contribution in [0.5, 0.6) is 0 Å². The van der Waals surface area contributed by atoms with Gasteiger partial charge in [0.2, 0.25) is 5.91 Å². The Balaban J connectivity index is 0.994. The maximum atomic E-state index is 13.2. The average molecular weight is 787 g/mol. The lowest BCUT2D eigenvalue weighted by atomic mass is 9.99. The second-order valence-corrected chi connectivity index (χ2v) is 16.0. The minimum absolute atomic E-state index is 0.0209. The van der Waals surface area contributed by atoms with Crippen molar-refractivity contribution >= 4 is 28.8 Å². The number of nitrogens with two attached hydrogens (primary N) is 1. The van der Waals surface area contributed by atoms with Gasteiger partial charge in [0.25, 0.3) is 5.91 Å². The van der Waals surface area contributed by atoms with E-state index in [0.717, 1.165) is 105 Å². The number of likely N-dealkylation sites (N-methyl/N-ethyl adjacent to an activating group) is 1. The number of likely N-dealkylation sites (tertiary alicyclic amines) is 1. The Bertz CT molecular complexity index is 1950. The fraction of sp³-hybridized carbons (Fsp3) is 0.447. The Labute approximate surface area is 344 Å². The summed E-state index contributed by atoms with van der Waals surface area (Å²) in [5.41, 5.74) is 12.6. The van der Waals surface area contributed by atoms with E-state index in [9.17, 15) is 14.7 Å². The van der Waals surface area contributed by atoms with Crippen LogP contribution >= 0.6 is 0 Å². The number of aryl methyl sites for hydroxylation is 1. The van der Waals surface area contributed by atoms with Gasteiger partial charge in [0.15, 0.2) is 0 Å². The fourth-order valence-corrected chi connectivity index (χ4v) is 8.26. The highest BCUT2D eigenvalue weighted by Crippen LogP contribution is 2.26. The summed E-state index contributed by atoms with van der Waals surface area (Å²) in [7, 11) is 0. The zero-order valence-electron chi connectivity index (χ0n) is 34.5. The molecule has 0 bridgehead atoms. The van der Waals surface area contributed by atoms with Gasteiger partial charge in [0.05, 0.1) is 5.71 Å². The molecule has 6 rings (SSSR count). The topological polar surface area (TPSA) is 150 Å². The number of aliphatic hydroxyl groups excluding tert-OH is 1. The third-order valence-corrected chi connectivity index (χ3v) is 11.7. The van der Waals surface area contributed by atoms with E-state index >= 15 is 0 Å². The van der Waals surface area contributed by atoms with E-state index in [1.54, 1.807) is 0 Å². The number of aliphatic hydroxyl groups is 1. The lowest BCUT2D eigenvalue weighted by molar-refractivity contribution is -0.136. The number of nitrogens with zero attached hydrogens (tertiary/aromatic N) is 4. The third kappa shape index (κ3) is 11.1. The van der Waals surface area contributed by atoms with Crippen molar-refractivity contribution < 1.29 is 14.7 Å². The molecular weight excluding hydrogens is 725 g/mol. The summed E-state index contributed by atoms with van der Waals surface area (Å²) in [5.74, 6) is 1.05. The van der Waals surface area contributed by atoms with Crippen LogP contribution in [-0.2, 0) is 22.4 Å². The molecular formula is C47H62N8O3. The van der Waals surface area contributed by atoms with E-state index < -0.39 is 24.1 Å². The molecule has 2 fully saturated rings. The van der Waals surface area contributed by atoms with Crippen molar-refractivity contribution in [1.29, 1.82) is 5.41 Å². The predicted octanol–water partition coefficient (Wildman–Crippen LogP) is 5.50. The first-order valence-corrected chi connectivity index (χ1v) is 21.2. The monoisotopic (exact) mass is 786 g/mol. The van der Waals surface area contributed by atoms with Crippen molar-refractivity contribution in [3.63, 3.8) is 0 Å². The van der Waals surface area contributed by atoms with Crippen molar-refractivity contribution in [2.24, 2.45) is 10.7 Å². The van der Waals surface area contributed by atoms with Crippen LogP contribution in [-0.4, -0.2) is 107 Å². The lowest BCUT2D eigenvalue weighted by Crippen LogP contribution is -2.51. The van der Waals surface area contributed by atoms with Gasteiger partial charge >= 0.3 is 0 Å². The Morgan fingerprint density at radius 2 is 1.62 bits per heavy atom. The molecule has 0 saturated carbocycles. The van der Waals surface area contributed by atoms with Crippen LogP contribution in [0.4, 0.5) is 0 Å². The second kappa shape index (κ2) is 20.5. The Kier molecular flexibility index (Phi) is 15.1. The van der Waals surface area contributed by atoms with Gasteiger partial charge in [-0.3, -0.25) is 9.59 Å². The fourth-order valence-electron chi connectivity index (χ4n) is 8.26. The van der Waals surface area contributed by atoms with Crippen molar-refractivity contribution in [2.45, 2.75) is 96.4 Å². The van der Waals surface area contributed by atoms with Crippen molar-refractivity contribution in [1.82, 2.24) is 25.3 Å². The van der Waals surface area contributed by atoms with Gasteiger partial charge in [-0.1, -0.05) is 105 Å².